The number of thiocarbonyl (C=S) groups is 1. The van der Waals surface area contributed by atoms with Crippen LogP contribution in [-0.2, 0) is 14.3 Å². The van der Waals surface area contributed by atoms with Crippen molar-refractivity contribution >= 4 is 51.8 Å². The maximum Gasteiger partial charge on any atom is 0.340 e. The van der Waals surface area contributed by atoms with Crippen LogP contribution in [0.1, 0.15) is 44.0 Å². The summed E-state index contributed by atoms with van der Waals surface area (Å²) in [7, 11) is 0. The fraction of sp³-hybridized carbons (Fsp3) is 0.524. The Labute approximate surface area is 187 Å². The van der Waals surface area contributed by atoms with Crippen molar-refractivity contribution in [3.63, 3.8) is 0 Å². The Morgan fingerprint density at radius 3 is 2.60 bits per heavy atom. The molecule has 1 N–H and O–H groups in total. The fourth-order valence-corrected chi connectivity index (χ4v) is 4.72. The van der Waals surface area contributed by atoms with E-state index in [9.17, 15) is 14.4 Å². The fourth-order valence-electron chi connectivity index (χ4n) is 3.17. The molecule has 1 unspecified atom stereocenters. The lowest BCUT2D eigenvalue weighted by atomic mass is 10.1. The van der Waals surface area contributed by atoms with Crippen LogP contribution in [0.4, 0.5) is 5.69 Å². The van der Waals surface area contributed by atoms with E-state index in [0.29, 0.717) is 16.6 Å². The number of para-hydroxylation sites is 1. The number of hydrogen-bond donors (Lipinski definition) is 1. The number of carbonyl (C=O) groups excluding carboxylic acids is 3. The normalized spacial score (nSPS) is 16.3. The van der Waals surface area contributed by atoms with E-state index in [4.69, 9.17) is 17.0 Å². The Kier molecular flexibility index (Phi) is 9.74. The van der Waals surface area contributed by atoms with Crippen molar-refractivity contribution in [3.05, 3.63) is 29.8 Å². The zero-order chi connectivity index (χ0) is 22.1. The van der Waals surface area contributed by atoms with Crippen LogP contribution in [0.15, 0.2) is 24.3 Å². The molecule has 1 heterocycles. The van der Waals surface area contributed by atoms with Gasteiger partial charge in [0, 0.05) is 13.0 Å². The molecule has 0 saturated carbocycles. The minimum atomic E-state index is -0.541. The zero-order valence-corrected chi connectivity index (χ0v) is 19.3. The predicted molar refractivity (Wildman–Crippen MR) is 124 cm³/mol. The van der Waals surface area contributed by atoms with Crippen molar-refractivity contribution in [3.8, 4) is 0 Å². The standard InChI is InChI=1S/C21H29N3O4S2/c1-4-23(5-2)12-9-13-24-19(26)17(30-21(24)29)14-18(25)22-16-11-8-7-10-15(16)20(27)28-6-3/h7-8,10-11,17H,4-6,9,12-14H2,1-3H3,(H,22,25). The summed E-state index contributed by atoms with van der Waals surface area (Å²) in [6.45, 7) is 9.60. The van der Waals surface area contributed by atoms with Gasteiger partial charge in [-0.1, -0.05) is 50.0 Å². The molecule has 2 rings (SSSR count). The maximum absolute atomic E-state index is 12.7. The van der Waals surface area contributed by atoms with Gasteiger partial charge in [0.15, 0.2) is 0 Å². The number of amides is 2. The van der Waals surface area contributed by atoms with Crippen molar-refractivity contribution in [1.29, 1.82) is 0 Å². The highest BCUT2D eigenvalue weighted by molar-refractivity contribution is 8.24. The molecule has 0 radical (unpaired) electrons. The van der Waals surface area contributed by atoms with Gasteiger partial charge in [0.25, 0.3) is 0 Å². The third-order valence-corrected chi connectivity index (χ3v) is 6.41. The zero-order valence-electron chi connectivity index (χ0n) is 17.7. The van der Waals surface area contributed by atoms with Crippen LogP contribution in [0.5, 0.6) is 0 Å². The summed E-state index contributed by atoms with van der Waals surface area (Å²) in [5, 5.41) is 2.19. The van der Waals surface area contributed by atoms with Crippen molar-refractivity contribution in [2.75, 3.05) is 38.1 Å². The van der Waals surface area contributed by atoms with Crippen molar-refractivity contribution in [1.82, 2.24) is 9.80 Å². The molecule has 9 heteroatoms. The molecule has 164 valence electrons. The van der Waals surface area contributed by atoms with Gasteiger partial charge in [-0.15, -0.1) is 0 Å². The summed E-state index contributed by atoms with van der Waals surface area (Å²) in [6, 6.07) is 6.65. The number of rotatable bonds is 11. The van der Waals surface area contributed by atoms with E-state index in [2.05, 4.69) is 24.1 Å². The second kappa shape index (κ2) is 12.0. The Balaban J connectivity index is 1.93. The second-order valence-electron chi connectivity index (χ2n) is 6.76. The van der Waals surface area contributed by atoms with Crippen LogP contribution in [0, 0.1) is 0 Å². The van der Waals surface area contributed by atoms with Crippen LogP contribution in [0.3, 0.4) is 0 Å². The molecular weight excluding hydrogens is 422 g/mol. The maximum atomic E-state index is 12.7. The molecule has 1 saturated heterocycles. The van der Waals surface area contributed by atoms with E-state index in [1.807, 2.05) is 0 Å². The van der Waals surface area contributed by atoms with Crippen molar-refractivity contribution < 1.29 is 19.1 Å². The monoisotopic (exact) mass is 451 g/mol. The Morgan fingerprint density at radius 1 is 1.23 bits per heavy atom. The summed E-state index contributed by atoms with van der Waals surface area (Å²) in [6.07, 6.45) is 0.827. The summed E-state index contributed by atoms with van der Waals surface area (Å²) in [5.74, 6) is -0.968. The molecule has 1 aliphatic heterocycles. The molecule has 0 spiro atoms. The number of ether oxygens (including phenoxy) is 1. The molecule has 0 aromatic heterocycles. The van der Waals surface area contributed by atoms with Gasteiger partial charge in [0.05, 0.1) is 23.1 Å². The third kappa shape index (κ3) is 6.52. The highest BCUT2D eigenvalue weighted by Crippen LogP contribution is 2.30. The number of anilines is 1. The highest BCUT2D eigenvalue weighted by Gasteiger charge is 2.37. The molecule has 7 nitrogen and oxygen atoms in total. The van der Waals surface area contributed by atoms with Gasteiger partial charge >= 0.3 is 5.97 Å². The highest BCUT2D eigenvalue weighted by atomic mass is 32.2. The Bertz CT molecular complexity index is 783. The largest absolute Gasteiger partial charge is 0.462 e. The van der Waals surface area contributed by atoms with Gasteiger partial charge in [-0.3, -0.25) is 14.5 Å². The van der Waals surface area contributed by atoms with Gasteiger partial charge in [-0.25, -0.2) is 4.79 Å². The third-order valence-electron chi connectivity index (χ3n) is 4.82. The number of nitrogens with one attached hydrogen (secondary N) is 1. The first-order chi connectivity index (χ1) is 14.4. The van der Waals surface area contributed by atoms with Gasteiger partial charge in [-0.05, 0) is 45.1 Å². The lowest BCUT2D eigenvalue weighted by molar-refractivity contribution is -0.128. The summed E-state index contributed by atoms with van der Waals surface area (Å²) < 4.78 is 5.54. The Hall–Kier alpha value is -1.97. The van der Waals surface area contributed by atoms with Crippen LogP contribution < -0.4 is 5.32 Å². The smallest absolute Gasteiger partial charge is 0.340 e. The van der Waals surface area contributed by atoms with E-state index >= 15 is 0 Å². The van der Waals surface area contributed by atoms with E-state index in [1.165, 1.54) is 11.8 Å². The molecule has 1 fully saturated rings. The van der Waals surface area contributed by atoms with E-state index in [1.54, 1.807) is 36.1 Å². The first kappa shape index (κ1) is 24.3. The summed E-state index contributed by atoms with van der Waals surface area (Å²) in [4.78, 5) is 41.2. The van der Waals surface area contributed by atoms with Crippen molar-refractivity contribution in [2.45, 2.75) is 38.9 Å². The molecule has 2 amide bonds. The molecule has 1 aliphatic rings. The van der Waals surface area contributed by atoms with Gasteiger partial charge in [0.1, 0.15) is 4.32 Å². The first-order valence-electron chi connectivity index (χ1n) is 10.2. The predicted octanol–water partition coefficient (Wildman–Crippen LogP) is 3.15. The van der Waals surface area contributed by atoms with Gasteiger partial charge < -0.3 is 15.0 Å². The van der Waals surface area contributed by atoms with Gasteiger partial charge in [0.2, 0.25) is 11.8 Å². The molecule has 1 aromatic carbocycles. The second-order valence-corrected chi connectivity index (χ2v) is 8.60. The van der Waals surface area contributed by atoms with Crippen LogP contribution >= 0.6 is 24.0 Å². The van der Waals surface area contributed by atoms with Crippen LogP contribution in [0.2, 0.25) is 0 Å². The summed E-state index contributed by atoms with van der Waals surface area (Å²) in [5.41, 5.74) is 0.654. The average molecular weight is 452 g/mol. The topological polar surface area (TPSA) is 79.0 Å². The molecule has 30 heavy (non-hydrogen) atoms. The van der Waals surface area contributed by atoms with Crippen molar-refractivity contribution in [2.24, 2.45) is 0 Å². The minimum absolute atomic E-state index is 0.00660. The SMILES string of the molecule is CCOC(=O)c1ccccc1NC(=O)CC1SC(=S)N(CCCN(CC)CC)C1=O. The Morgan fingerprint density at radius 2 is 1.93 bits per heavy atom. The average Bonchev–Trinajstić information content (AvgIpc) is 2.98. The first-order valence-corrected chi connectivity index (χ1v) is 11.5. The number of hydrogen-bond acceptors (Lipinski definition) is 7. The van der Waals surface area contributed by atoms with E-state index < -0.39 is 11.2 Å². The number of esters is 1. The van der Waals surface area contributed by atoms with Gasteiger partial charge in [-0.2, -0.15) is 0 Å². The molecule has 1 aromatic rings. The van der Waals surface area contributed by atoms with Crippen LogP contribution in [-0.4, -0.2) is 69.9 Å². The lowest BCUT2D eigenvalue weighted by Gasteiger charge is -2.20. The van der Waals surface area contributed by atoms with E-state index in [-0.39, 0.29) is 30.4 Å². The molecule has 0 aliphatic carbocycles. The lowest BCUT2D eigenvalue weighted by Crippen LogP contribution is -2.35. The number of thioether (sulfide) groups is 1. The summed E-state index contributed by atoms with van der Waals surface area (Å²) >= 11 is 6.61. The molecule has 1 atom stereocenters. The number of benzene rings is 1. The quantitative estimate of drug-likeness (QED) is 0.409. The van der Waals surface area contributed by atoms with E-state index in [0.717, 1.165) is 26.1 Å². The molecule has 0 bridgehead atoms. The van der Waals surface area contributed by atoms with Crippen LogP contribution in [0.25, 0.3) is 0 Å². The number of carbonyl (C=O) groups is 3. The number of nitrogens with zero attached hydrogens (tertiary/aromatic N) is 2. The minimum Gasteiger partial charge on any atom is -0.462 e. The molecular formula is C21H29N3O4S2.